The van der Waals surface area contributed by atoms with Gasteiger partial charge in [-0.2, -0.15) is 0 Å². The van der Waals surface area contributed by atoms with Crippen molar-refractivity contribution < 1.29 is 19.1 Å². The van der Waals surface area contributed by atoms with Crippen LogP contribution in [0.25, 0.3) is 0 Å². The molecule has 0 heterocycles. The van der Waals surface area contributed by atoms with E-state index in [1.807, 2.05) is 32.0 Å². The minimum Gasteiger partial charge on any atom is -0.467 e. The van der Waals surface area contributed by atoms with E-state index in [-0.39, 0.29) is 12.5 Å². The van der Waals surface area contributed by atoms with Crippen LogP contribution in [0.3, 0.4) is 0 Å². The molecule has 0 radical (unpaired) electrons. The van der Waals surface area contributed by atoms with Crippen LogP contribution >= 0.6 is 0 Å². The highest BCUT2D eigenvalue weighted by Gasteiger charge is 2.29. The number of nitrogens with zero attached hydrogens (tertiary/aromatic N) is 1. The molecular formula is C15H21NO4. The van der Waals surface area contributed by atoms with Crippen molar-refractivity contribution in [2.75, 3.05) is 25.7 Å². The molecule has 5 nitrogen and oxygen atoms in total. The Morgan fingerprint density at radius 2 is 1.75 bits per heavy atom. The Balaban J connectivity index is 3.30. The molecule has 0 saturated carbocycles. The van der Waals surface area contributed by atoms with Crippen LogP contribution in [-0.2, 0) is 19.1 Å². The van der Waals surface area contributed by atoms with Crippen LogP contribution in [0.1, 0.15) is 18.1 Å². The summed E-state index contributed by atoms with van der Waals surface area (Å²) in [5.41, 5.74) is 2.57. The van der Waals surface area contributed by atoms with Crippen LogP contribution in [0, 0.1) is 13.8 Å². The van der Waals surface area contributed by atoms with Gasteiger partial charge in [-0.3, -0.25) is 9.69 Å². The minimum absolute atomic E-state index is 0.0882. The van der Waals surface area contributed by atoms with Gasteiger partial charge in [-0.1, -0.05) is 18.2 Å². The summed E-state index contributed by atoms with van der Waals surface area (Å²) in [5, 5.41) is 0. The Hall–Kier alpha value is -1.88. The lowest BCUT2D eigenvalue weighted by Crippen LogP contribution is -2.46. The molecule has 1 rings (SSSR count). The molecule has 0 aliphatic heterocycles. The maximum atomic E-state index is 12.3. The van der Waals surface area contributed by atoms with Gasteiger partial charge in [0.2, 0.25) is 0 Å². The molecule has 1 unspecified atom stereocenters. The molecule has 0 bridgehead atoms. The van der Waals surface area contributed by atoms with Crippen molar-refractivity contribution >= 4 is 17.6 Å². The second-order valence-electron chi connectivity index (χ2n) is 4.64. The maximum absolute atomic E-state index is 12.3. The maximum Gasteiger partial charge on any atom is 0.328 e. The highest BCUT2D eigenvalue weighted by Crippen LogP contribution is 2.27. The van der Waals surface area contributed by atoms with Gasteiger partial charge in [0.05, 0.1) is 12.8 Å². The van der Waals surface area contributed by atoms with Crippen LogP contribution < -0.4 is 4.90 Å². The second kappa shape index (κ2) is 7.05. The van der Waals surface area contributed by atoms with Crippen molar-refractivity contribution in [1.29, 1.82) is 0 Å². The summed E-state index contributed by atoms with van der Waals surface area (Å²) >= 11 is 0. The van der Waals surface area contributed by atoms with Crippen LogP contribution in [-0.4, -0.2) is 38.7 Å². The highest BCUT2D eigenvalue weighted by atomic mass is 16.5. The third kappa shape index (κ3) is 3.36. The topological polar surface area (TPSA) is 55.8 Å². The number of para-hydroxylation sites is 1. The SMILES string of the molecule is COCC(=O)N(C(C)C(=O)OC)[13c]1[13c](C)[13cH][13cH][13cH][13c]1C. The number of benzene rings is 1. The summed E-state index contributed by atoms with van der Waals surface area (Å²) in [6.45, 7) is 5.36. The van der Waals surface area contributed by atoms with Gasteiger partial charge in [0, 0.05) is 7.11 Å². The highest BCUT2D eigenvalue weighted by molar-refractivity contribution is 6.01. The summed E-state index contributed by atoms with van der Waals surface area (Å²) in [4.78, 5) is 25.5. The fourth-order valence-electron chi connectivity index (χ4n) is 2.19. The smallest absolute Gasteiger partial charge is 0.328 e. The van der Waals surface area contributed by atoms with Crippen LogP contribution in [0.15, 0.2) is 18.2 Å². The fourth-order valence-corrected chi connectivity index (χ4v) is 2.19. The molecule has 0 saturated heterocycles. The first-order valence-electron chi connectivity index (χ1n) is 6.39. The number of anilines is 1. The molecular weight excluding hydrogens is 264 g/mol. The van der Waals surface area contributed by atoms with E-state index >= 15 is 0 Å². The van der Waals surface area contributed by atoms with E-state index in [0.29, 0.717) is 0 Å². The summed E-state index contributed by atoms with van der Waals surface area (Å²) in [7, 11) is 2.76. The third-order valence-electron chi connectivity index (χ3n) is 3.15. The number of hydrogen-bond acceptors (Lipinski definition) is 4. The molecule has 20 heavy (non-hydrogen) atoms. The predicted octanol–water partition coefficient (Wildman–Crippen LogP) is 1.84. The van der Waals surface area contributed by atoms with Crippen LogP contribution in [0.2, 0.25) is 0 Å². The Morgan fingerprint density at radius 1 is 1.20 bits per heavy atom. The van der Waals surface area contributed by atoms with Crippen molar-refractivity contribution in [3.05, 3.63) is 29.3 Å². The lowest BCUT2D eigenvalue weighted by Gasteiger charge is -2.30. The summed E-state index contributed by atoms with van der Waals surface area (Å²) in [6, 6.07) is 5.01. The van der Waals surface area contributed by atoms with Crippen molar-refractivity contribution in [2.45, 2.75) is 26.8 Å². The Bertz CT molecular complexity index is 478. The number of hydrogen-bond donors (Lipinski definition) is 0. The quantitative estimate of drug-likeness (QED) is 0.775. The van der Waals surface area contributed by atoms with E-state index in [0.717, 1.165) is 16.8 Å². The van der Waals surface area contributed by atoms with E-state index < -0.39 is 12.0 Å². The zero-order valence-electron chi connectivity index (χ0n) is 12.6. The lowest BCUT2D eigenvalue weighted by molar-refractivity contribution is -0.143. The largest absolute Gasteiger partial charge is 0.467 e. The van der Waals surface area contributed by atoms with Gasteiger partial charge < -0.3 is 9.47 Å². The summed E-state index contributed by atoms with van der Waals surface area (Å²) in [5.74, 6) is -0.736. The van der Waals surface area contributed by atoms with Gasteiger partial charge in [-0.05, 0) is 31.9 Å². The number of aryl methyl sites for hydroxylation is 2. The zero-order chi connectivity index (χ0) is 15.3. The monoisotopic (exact) mass is 285 g/mol. The molecule has 0 fully saturated rings. The van der Waals surface area contributed by atoms with Crippen molar-refractivity contribution in [3.8, 4) is 0 Å². The van der Waals surface area contributed by atoms with Crippen LogP contribution in [0.4, 0.5) is 5.69 Å². The van der Waals surface area contributed by atoms with Gasteiger partial charge in [0.15, 0.2) is 0 Å². The molecule has 0 spiro atoms. The standard InChI is InChI=1S/C15H21NO4/c1-10-7-6-8-11(2)14(10)16(13(17)9-19-4)12(3)15(18)20-5/h6-8,12H,9H2,1-5H3/i6+1,7+1,8+1,10+1,11+1,14+1. The molecule has 5 heteroatoms. The Labute approximate surface area is 119 Å². The Kier molecular flexibility index (Phi) is 5.70. The molecule has 0 aliphatic rings. The molecule has 0 N–H and O–H groups in total. The molecule has 110 valence electrons. The van der Waals surface area contributed by atoms with Crippen molar-refractivity contribution in [3.63, 3.8) is 0 Å². The number of methoxy groups -OCH3 is 2. The van der Waals surface area contributed by atoms with Crippen molar-refractivity contribution in [1.82, 2.24) is 0 Å². The number of amides is 1. The number of carbonyl (C=O) groups excluding carboxylic acids is 2. The van der Waals surface area contributed by atoms with Gasteiger partial charge >= 0.3 is 5.97 Å². The first-order chi connectivity index (χ1) is 9.43. The minimum atomic E-state index is -0.706. The number of rotatable bonds is 5. The van der Waals surface area contributed by atoms with Crippen LogP contribution in [0.5, 0.6) is 0 Å². The summed E-state index contributed by atoms with van der Waals surface area (Å²) < 4.78 is 9.65. The average Bonchev–Trinajstić information content (AvgIpc) is 2.41. The van der Waals surface area contributed by atoms with Gasteiger partial charge in [-0.15, -0.1) is 0 Å². The first-order valence-corrected chi connectivity index (χ1v) is 6.39. The number of esters is 1. The summed E-state index contributed by atoms with van der Waals surface area (Å²) in [6.07, 6.45) is 0. The Morgan fingerprint density at radius 3 is 2.20 bits per heavy atom. The molecule has 0 aromatic heterocycles. The van der Waals surface area contributed by atoms with Gasteiger partial charge in [-0.25, -0.2) is 4.79 Å². The van der Waals surface area contributed by atoms with E-state index in [4.69, 9.17) is 9.47 Å². The molecule has 1 amide bonds. The first kappa shape index (κ1) is 16.2. The van der Waals surface area contributed by atoms with E-state index in [9.17, 15) is 9.59 Å². The molecule has 1 atom stereocenters. The normalized spacial score (nSPS) is 11.8. The number of carbonyl (C=O) groups is 2. The van der Waals surface area contributed by atoms with Crippen molar-refractivity contribution in [2.24, 2.45) is 0 Å². The molecule has 0 aliphatic carbocycles. The molecule has 1 aromatic rings. The van der Waals surface area contributed by atoms with E-state index in [1.165, 1.54) is 19.1 Å². The van der Waals surface area contributed by atoms with E-state index in [1.54, 1.807) is 6.92 Å². The molecule has 1 aromatic carbocycles. The zero-order valence-corrected chi connectivity index (χ0v) is 12.6. The third-order valence-corrected chi connectivity index (χ3v) is 3.15. The fraction of sp³-hybridized carbons (Fsp3) is 0.467. The van der Waals surface area contributed by atoms with E-state index in [2.05, 4.69) is 0 Å². The number of ether oxygens (including phenoxy) is 2. The average molecular weight is 285 g/mol. The second-order valence-corrected chi connectivity index (χ2v) is 4.64. The predicted molar refractivity (Wildman–Crippen MR) is 76.8 cm³/mol. The lowest BCUT2D eigenvalue weighted by atomic mass is 10.3. The van der Waals surface area contributed by atoms with Gasteiger partial charge in [0.1, 0.15) is 12.6 Å². The van der Waals surface area contributed by atoms with Gasteiger partial charge in [0.25, 0.3) is 5.91 Å².